The van der Waals surface area contributed by atoms with Crippen molar-refractivity contribution in [3.05, 3.63) is 46.5 Å². The summed E-state index contributed by atoms with van der Waals surface area (Å²) in [4.78, 5) is 0. The fraction of sp³-hybridized carbons (Fsp3) is 0.0909. The molecule has 0 aromatic heterocycles. The highest BCUT2D eigenvalue weighted by Crippen LogP contribution is 2.21. The standard InChI is InChI=1S/C11H11Cl2N3S/c1-2-5-14-11(17)16-15-7-8-3-4-9(12)10(13)6-8/h2-4,6-7H,1,5H2,(H2,14,16,17)/b15-7-. The summed E-state index contributed by atoms with van der Waals surface area (Å²) in [5.74, 6) is 0. The van der Waals surface area contributed by atoms with Crippen LogP contribution in [0.2, 0.25) is 10.0 Å². The molecule has 3 nitrogen and oxygen atoms in total. The number of hydrogen-bond acceptors (Lipinski definition) is 2. The minimum Gasteiger partial charge on any atom is -0.358 e. The summed E-state index contributed by atoms with van der Waals surface area (Å²) in [6.07, 6.45) is 3.31. The van der Waals surface area contributed by atoms with Gasteiger partial charge in [0.05, 0.1) is 16.3 Å². The van der Waals surface area contributed by atoms with Crippen LogP contribution >= 0.6 is 35.4 Å². The molecule has 0 bridgehead atoms. The highest BCUT2D eigenvalue weighted by atomic mass is 35.5. The van der Waals surface area contributed by atoms with Crippen LogP contribution in [0.5, 0.6) is 0 Å². The highest BCUT2D eigenvalue weighted by molar-refractivity contribution is 7.80. The summed E-state index contributed by atoms with van der Waals surface area (Å²) in [6, 6.07) is 5.23. The second-order valence-electron chi connectivity index (χ2n) is 3.04. The first-order chi connectivity index (χ1) is 8.13. The van der Waals surface area contributed by atoms with Crippen LogP contribution in [0.1, 0.15) is 5.56 Å². The largest absolute Gasteiger partial charge is 0.358 e. The number of hydrogen-bond donors (Lipinski definition) is 2. The first-order valence-electron chi connectivity index (χ1n) is 4.76. The third-order valence-electron chi connectivity index (χ3n) is 1.73. The number of nitrogens with zero attached hydrogens (tertiary/aromatic N) is 1. The Balaban J connectivity index is 2.50. The van der Waals surface area contributed by atoms with Gasteiger partial charge in [-0.1, -0.05) is 35.3 Å². The Bertz CT molecular complexity index is 446. The molecule has 6 heteroatoms. The molecule has 0 amide bonds. The van der Waals surface area contributed by atoms with E-state index in [-0.39, 0.29) is 0 Å². The number of hydrazone groups is 1. The lowest BCUT2D eigenvalue weighted by molar-refractivity contribution is 0.942. The molecule has 0 saturated heterocycles. The van der Waals surface area contributed by atoms with Gasteiger partial charge in [0.25, 0.3) is 0 Å². The van der Waals surface area contributed by atoms with Gasteiger partial charge in [0.15, 0.2) is 5.11 Å². The van der Waals surface area contributed by atoms with Gasteiger partial charge in [-0.25, -0.2) is 0 Å². The number of halogens is 2. The van der Waals surface area contributed by atoms with E-state index in [9.17, 15) is 0 Å². The van der Waals surface area contributed by atoms with Crippen LogP contribution in [-0.2, 0) is 0 Å². The van der Waals surface area contributed by atoms with Crippen molar-refractivity contribution < 1.29 is 0 Å². The molecule has 0 aliphatic carbocycles. The molecule has 0 fully saturated rings. The Morgan fingerprint density at radius 3 is 2.82 bits per heavy atom. The van der Waals surface area contributed by atoms with Gasteiger partial charge in [-0.15, -0.1) is 6.58 Å². The van der Waals surface area contributed by atoms with Crippen molar-refractivity contribution in [2.75, 3.05) is 6.54 Å². The van der Waals surface area contributed by atoms with Crippen molar-refractivity contribution >= 4 is 46.7 Å². The van der Waals surface area contributed by atoms with E-state index in [1.165, 1.54) is 0 Å². The summed E-state index contributed by atoms with van der Waals surface area (Å²) in [5.41, 5.74) is 3.50. The van der Waals surface area contributed by atoms with E-state index < -0.39 is 0 Å². The van der Waals surface area contributed by atoms with Crippen LogP contribution in [0.4, 0.5) is 0 Å². The van der Waals surface area contributed by atoms with E-state index in [0.717, 1.165) is 5.56 Å². The summed E-state index contributed by atoms with van der Waals surface area (Å²) in [6.45, 7) is 4.15. The average molecular weight is 288 g/mol. The summed E-state index contributed by atoms with van der Waals surface area (Å²) in [7, 11) is 0. The molecule has 17 heavy (non-hydrogen) atoms. The fourth-order valence-corrected chi connectivity index (χ4v) is 1.41. The Morgan fingerprint density at radius 2 is 2.18 bits per heavy atom. The zero-order valence-corrected chi connectivity index (χ0v) is 11.2. The van der Waals surface area contributed by atoms with Gasteiger partial charge in [-0.3, -0.25) is 5.43 Å². The van der Waals surface area contributed by atoms with Gasteiger partial charge in [0.2, 0.25) is 0 Å². The molecule has 90 valence electrons. The molecule has 0 radical (unpaired) electrons. The van der Waals surface area contributed by atoms with Crippen molar-refractivity contribution in [3.63, 3.8) is 0 Å². The lowest BCUT2D eigenvalue weighted by Gasteiger charge is -2.03. The summed E-state index contributed by atoms with van der Waals surface area (Å²) < 4.78 is 0. The lowest BCUT2D eigenvalue weighted by atomic mass is 10.2. The molecule has 0 unspecified atom stereocenters. The molecule has 0 spiro atoms. The van der Waals surface area contributed by atoms with Crippen LogP contribution in [0.15, 0.2) is 36.0 Å². The molecule has 0 aliphatic heterocycles. The van der Waals surface area contributed by atoms with Gasteiger partial charge in [-0.05, 0) is 29.9 Å². The predicted octanol–water partition coefficient (Wildman–Crippen LogP) is 2.98. The van der Waals surface area contributed by atoms with E-state index in [0.29, 0.717) is 21.7 Å². The minimum atomic E-state index is 0.432. The number of benzene rings is 1. The number of nitrogens with one attached hydrogen (secondary N) is 2. The third kappa shape index (κ3) is 5.17. The van der Waals surface area contributed by atoms with Crippen molar-refractivity contribution in [3.8, 4) is 0 Å². The van der Waals surface area contributed by atoms with Gasteiger partial charge >= 0.3 is 0 Å². The topological polar surface area (TPSA) is 36.4 Å². The van der Waals surface area contributed by atoms with Crippen LogP contribution in [-0.4, -0.2) is 17.9 Å². The molecule has 1 aromatic rings. The highest BCUT2D eigenvalue weighted by Gasteiger charge is 1.97. The van der Waals surface area contributed by atoms with Crippen molar-refractivity contribution in [2.24, 2.45) is 5.10 Å². The van der Waals surface area contributed by atoms with E-state index in [2.05, 4.69) is 22.4 Å². The number of thiocarbonyl (C=S) groups is 1. The van der Waals surface area contributed by atoms with Gasteiger partial charge in [0, 0.05) is 6.54 Å². The average Bonchev–Trinajstić information content (AvgIpc) is 2.31. The first kappa shape index (κ1) is 14.0. The van der Waals surface area contributed by atoms with E-state index in [4.69, 9.17) is 35.4 Å². The maximum absolute atomic E-state index is 5.86. The van der Waals surface area contributed by atoms with Crippen LogP contribution in [0.3, 0.4) is 0 Å². The molecule has 1 rings (SSSR count). The molecule has 0 saturated carbocycles. The van der Waals surface area contributed by atoms with E-state index in [1.54, 1.807) is 30.5 Å². The Kier molecular flexibility index (Phi) is 5.97. The normalized spacial score (nSPS) is 10.2. The molecule has 2 N–H and O–H groups in total. The molecule has 0 atom stereocenters. The monoisotopic (exact) mass is 287 g/mol. The van der Waals surface area contributed by atoms with Crippen molar-refractivity contribution in [1.29, 1.82) is 0 Å². The predicted molar refractivity (Wildman–Crippen MR) is 78.0 cm³/mol. The third-order valence-corrected chi connectivity index (χ3v) is 2.70. The zero-order chi connectivity index (χ0) is 12.7. The SMILES string of the molecule is C=CCNC(=S)N/N=C\c1ccc(Cl)c(Cl)c1. The second-order valence-corrected chi connectivity index (χ2v) is 4.26. The molecular formula is C11H11Cl2N3S. The van der Waals surface area contributed by atoms with Crippen molar-refractivity contribution in [1.82, 2.24) is 10.7 Å². The number of rotatable bonds is 4. The van der Waals surface area contributed by atoms with E-state index in [1.807, 2.05) is 0 Å². The van der Waals surface area contributed by atoms with Crippen LogP contribution in [0.25, 0.3) is 0 Å². The smallest absolute Gasteiger partial charge is 0.187 e. The summed E-state index contributed by atoms with van der Waals surface area (Å²) in [5, 5.41) is 8.27. The van der Waals surface area contributed by atoms with Gasteiger partial charge in [0.1, 0.15) is 0 Å². The molecular weight excluding hydrogens is 277 g/mol. The maximum Gasteiger partial charge on any atom is 0.187 e. The van der Waals surface area contributed by atoms with Crippen LogP contribution < -0.4 is 10.7 Å². The second kappa shape index (κ2) is 7.27. The Labute approximate surface area is 115 Å². The lowest BCUT2D eigenvalue weighted by Crippen LogP contribution is -2.31. The maximum atomic E-state index is 5.86. The molecule has 0 aliphatic rings. The first-order valence-corrected chi connectivity index (χ1v) is 5.92. The fourth-order valence-electron chi connectivity index (χ4n) is 0.963. The summed E-state index contributed by atoms with van der Waals surface area (Å²) >= 11 is 16.6. The van der Waals surface area contributed by atoms with Gasteiger partial charge < -0.3 is 5.32 Å². The minimum absolute atomic E-state index is 0.432. The Morgan fingerprint density at radius 1 is 1.41 bits per heavy atom. The quantitative estimate of drug-likeness (QED) is 0.387. The van der Waals surface area contributed by atoms with Crippen molar-refractivity contribution in [2.45, 2.75) is 0 Å². The molecule has 0 heterocycles. The van der Waals surface area contributed by atoms with Gasteiger partial charge in [-0.2, -0.15) is 5.10 Å². The van der Waals surface area contributed by atoms with E-state index >= 15 is 0 Å². The molecule has 1 aromatic carbocycles. The van der Waals surface area contributed by atoms with Crippen LogP contribution in [0, 0.1) is 0 Å². The zero-order valence-electron chi connectivity index (χ0n) is 8.91. The Hall–Kier alpha value is -1.10.